The first-order valence-electron chi connectivity index (χ1n) is 6.01. The fourth-order valence-corrected chi connectivity index (χ4v) is 3.28. The van der Waals surface area contributed by atoms with Gasteiger partial charge in [-0.25, -0.2) is 4.98 Å². The number of fused-ring (bicyclic) bond motifs is 1. The van der Waals surface area contributed by atoms with E-state index in [4.69, 9.17) is 22.4 Å². The predicted octanol–water partition coefficient (Wildman–Crippen LogP) is 4.45. The number of nitrogen functional groups attached to an aromatic ring is 1. The molecule has 0 saturated heterocycles. The fraction of sp³-hybridized carbons (Fsp3) is 0. The van der Waals surface area contributed by atoms with Crippen molar-refractivity contribution in [2.24, 2.45) is 5.84 Å². The topological polar surface area (TPSA) is 50.9 Å². The van der Waals surface area contributed by atoms with E-state index < -0.39 is 0 Å². The summed E-state index contributed by atoms with van der Waals surface area (Å²) in [4.78, 5) is 4.73. The zero-order valence-electron chi connectivity index (χ0n) is 10.4. The van der Waals surface area contributed by atoms with Gasteiger partial charge in [-0.3, -0.25) is 5.84 Å². The van der Waals surface area contributed by atoms with Gasteiger partial charge in [0.2, 0.25) is 0 Å². The van der Waals surface area contributed by atoms with Crippen LogP contribution < -0.4 is 11.3 Å². The predicted molar refractivity (Wildman–Crippen MR) is 92.7 cm³/mol. The number of nitrogens with zero attached hydrogens (tertiary/aromatic N) is 1. The van der Waals surface area contributed by atoms with Gasteiger partial charge < -0.3 is 5.43 Å². The van der Waals surface area contributed by atoms with Crippen molar-refractivity contribution in [3.63, 3.8) is 0 Å². The number of hydrogen-bond acceptors (Lipinski definition) is 3. The van der Waals surface area contributed by atoms with Gasteiger partial charge in [-0.05, 0) is 40.8 Å². The normalized spacial score (nSPS) is 10.8. The smallest absolute Gasteiger partial charge is 0.0865 e. The van der Waals surface area contributed by atoms with Crippen molar-refractivity contribution in [2.75, 3.05) is 5.43 Å². The number of benzene rings is 2. The summed E-state index contributed by atoms with van der Waals surface area (Å²) in [5, 5.41) is 1.59. The third-order valence-corrected chi connectivity index (χ3v) is 4.10. The summed E-state index contributed by atoms with van der Waals surface area (Å²) in [6.07, 6.45) is 0. The maximum absolute atomic E-state index is 6.11. The molecule has 0 aliphatic heterocycles. The van der Waals surface area contributed by atoms with Crippen LogP contribution >= 0.6 is 34.2 Å². The minimum atomic E-state index is 0.674. The molecule has 2 aromatic carbocycles. The standard InChI is InChI=1S/C15H11ClIN3/c16-10-6-11-14(20-18)8-13(9-4-2-1-3-5-9)19-15(11)12(17)7-10/h1-8H,18H2,(H,19,20). The highest BCUT2D eigenvalue weighted by atomic mass is 127. The van der Waals surface area contributed by atoms with Gasteiger partial charge >= 0.3 is 0 Å². The Morgan fingerprint density at radius 1 is 1.10 bits per heavy atom. The minimum absolute atomic E-state index is 0.674. The Morgan fingerprint density at radius 2 is 1.85 bits per heavy atom. The molecule has 0 saturated carbocycles. The largest absolute Gasteiger partial charge is 0.323 e. The fourth-order valence-electron chi connectivity index (χ4n) is 2.13. The molecule has 20 heavy (non-hydrogen) atoms. The zero-order valence-corrected chi connectivity index (χ0v) is 13.3. The second kappa shape index (κ2) is 5.55. The second-order valence-electron chi connectivity index (χ2n) is 4.35. The summed E-state index contributed by atoms with van der Waals surface area (Å²) >= 11 is 8.35. The van der Waals surface area contributed by atoms with Gasteiger partial charge in [0.25, 0.3) is 0 Å². The average molecular weight is 396 g/mol. The second-order valence-corrected chi connectivity index (χ2v) is 5.95. The zero-order chi connectivity index (χ0) is 14.1. The number of anilines is 1. The van der Waals surface area contributed by atoms with Crippen molar-refractivity contribution in [1.82, 2.24) is 4.98 Å². The Kier molecular flexibility index (Phi) is 3.78. The van der Waals surface area contributed by atoms with Gasteiger partial charge in [0, 0.05) is 19.5 Å². The van der Waals surface area contributed by atoms with Gasteiger partial charge in [-0.1, -0.05) is 41.9 Å². The number of rotatable bonds is 2. The molecule has 0 aliphatic carbocycles. The number of aromatic nitrogens is 1. The van der Waals surface area contributed by atoms with E-state index in [0.717, 1.165) is 31.4 Å². The van der Waals surface area contributed by atoms with Crippen LogP contribution in [0.15, 0.2) is 48.5 Å². The lowest BCUT2D eigenvalue weighted by Gasteiger charge is -2.11. The minimum Gasteiger partial charge on any atom is -0.323 e. The molecule has 0 bridgehead atoms. The van der Waals surface area contributed by atoms with Crippen LogP contribution in [0, 0.1) is 3.57 Å². The third kappa shape index (κ3) is 2.46. The molecule has 3 nitrogen and oxygen atoms in total. The molecule has 0 aliphatic rings. The Morgan fingerprint density at radius 3 is 2.55 bits per heavy atom. The molecule has 3 N–H and O–H groups in total. The summed E-state index contributed by atoms with van der Waals surface area (Å²) in [6.45, 7) is 0. The van der Waals surface area contributed by atoms with Gasteiger partial charge in [-0.2, -0.15) is 0 Å². The summed E-state index contributed by atoms with van der Waals surface area (Å²) in [5.74, 6) is 5.64. The summed E-state index contributed by atoms with van der Waals surface area (Å²) in [5.41, 5.74) is 6.37. The van der Waals surface area contributed by atoms with E-state index in [0.29, 0.717) is 5.02 Å². The van der Waals surface area contributed by atoms with E-state index in [-0.39, 0.29) is 0 Å². The van der Waals surface area contributed by atoms with Crippen molar-refractivity contribution in [2.45, 2.75) is 0 Å². The van der Waals surface area contributed by atoms with Crippen molar-refractivity contribution in [3.05, 3.63) is 57.1 Å². The number of pyridine rings is 1. The van der Waals surface area contributed by atoms with Crippen LogP contribution in [0.2, 0.25) is 5.02 Å². The van der Waals surface area contributed by atoms with E-state index in [1.165, 1.54) is 0 Å². The lowest BCUT2D eigenvalue weighted by molar-refractivity contribution is 1.33. The Balaban J connectivity index is 2.32. The van der Waals surface area contributed by atoms with E-state index >= 15 is 0 Å². The third-order valence-electron chi connectivity index (χ3n) is 3.06. The van der Waals surface area contributed by atoms with Gasteiger partial charge in [0.05, 0.1) is 16.9 Å². The number of halogens is 2. The Bertz CT molecular complexity index is 775. The van der Waals surface area contributed by atoms with E-state index in [1.54, 1.807) is 0 Å². The van der Waals surface area contributed by atoms with Crippen LogP contribution in [-0.4, -0.2) is 4.98 Å². The molecule has 0 spiro atoms. The lowest BCUT2D eigenvalue weighted by atomic mass is 10.1. The number of hydrazine groups is 1. The highest BCUT2D eigenvalue weighted by Gasteiger charge is 2.10. The highest BCUT2D eigenvalue weighted by molar-refractivity contribution is 14.1. The van der Waals surface area contributed by atoms with Gasteiger partial charge in [0.15, 0.2) is 0 Å². The number of nitrogens with one attached hydrogen (secondary N) is 1. The number of nitrogens with two attached hydrogens (primary N) is 1. The highest BCUT2D eigenvalue weighted by Crippen LogP contribution is 2.32. The van der Waals surface area contributed by atoms with Crippen molar-refractivity contribution in [1.29, 1.82) is 0 Å². The lowest BCUT2D eigenvalue weighted by Crippen LogP contribution is -2.08. The molecule has 3 aromatic rings. The summed E-state index contributed by atoms with van der Waals surface area (Å²) in [7, 11) is 0. The van der Waals surface area contributed by atoms with Crippen LogP contribution in [0.4, 0.5) is 5.69 Å². The van der Waals surface area contributed by atoms with Crippen LogP contribution in [0.3, 0.4) is 0 Å². The number of hydrogen-bond donors (Lipinski definition) is 2. The monoisotopic (exact) mass is 395 g/mol. The van der Waals surface area contributed by atoms with Crippen molar-refractivity contribution >= 4 is 50.8 Å². The van der Waals surface area contributed by atoms with Crippen molar-refractivity contribution in [3.8, 4) is 11.3 Å². The van der Waals surface area contributed by atoms with Gasteiger partial charge in [0.1, 0.15) is 0 Å². The quantitative estimate of drug-likeness (QED) is 0.383. The molecule has 0 unspecified atom stereocenters. The van der Waals surface area contributed by atoms with Crippen molar-refractivity contribution < 1.29 is 0 Å². The van der Waals surface area contributed by atoms with Crippen LogP contribution in [0.1, 0.15) is 0 Å². The molecule has 1 aromatic heterocycles. The van der Waals surface area contributed by atoms with Crippen LogP contribution in [0.5, 0.6) is 0 Å². The van der Waals surface area contributed by atoms with E-state index in [1.807, 2.05) is 48.5 Å². The summed E-state index contributed by atoms with van der Waals surface area (Å²) < 4.78 is 0.999. The average Bonchev–Trinajstić information content (AvgIpc) is 2.47. The molecule has 0 radical (unpaired) electrons. The maximum Gasteiger partial charge on any atom is 0.0865 e. The molecule has 1 heterocycles. The molecule has 0 atom stereocenters. The van der Waals surface area contributed by atoms with Gasteiger partial charge in [-0.15, -0.1) is 0 Å². The summed E-state index contributed by atoms with van der Waals surface area (Å²) in [6, 6.07) is 15.7. The molecular weight excluding hydrogens is 385 g/mol. The first-order chi connectivity index (χ1) is 9.69. The Labute approximate surface area is 135 Å². The Hall–Kier alpha value is -1.37. The first-order valence-corrected chi connectivity index (χ1v) is 7.46. The molecule has 5 heteroatoms. The van der Waals surface area contributed by atoms with Crippen LogP contribution in [0.25, 0.3) is 22.2 Å². The molecule has 0 fully saturated rings. The van der Waals surface area contributed by atoms with E-state index in [9.17, 15) is 0 Å². The molecule has 0 amide bonds. The maximum atomic E-state index is 6.11. The van der Waals surface area contributed by atoms with E-state index in [2.05, 4.69) is 28.0 Å². The SMILES string of the molecule is NNc1cc(-c2ccccc2)nc2c(I)cc(Cl)cc12. The first kappa shape index (κ1) is 13.6. The van der Waals surface area contributed by atoms with Crippen LogP contribution in [-0.2, 0) is 0 Å². The molecule has 3 rings (SSSR count). The molecule has 100 valence electrons. The molecular formula is C15H11ClIN3.